The van der Waals surface area contributed by atoms with Crippen LogP contribution in [0.25, 0.3) is 11.0 Å². The molecular weight excluding hydrogens is 246 g/mol. The maximum Gasteiger partial charge on any atom is 0.307 e. The van der Waals surface area contributed by atoms with Crippen molar-refractivity contribution in [1.29, 1.82) is 0 Å². The predicted octanol–water partition coefficient (Wildman–Crippen LogP) is 0.923. The zero-order valence-electron chi connectivity index (χ0n) is 10.4. The molecule has 1 heterocycles. The number of nitrogens with one attached hydrogen (secondary N) is 1. The molecule has 1 amide bonds. The number of aromatic nitrogens is 2. The van der Waals surface area contributed by atoms with Gasteiger partial charge in [0.2, 0.25) is 0 Å². The zero-order valence-corrected chi connectivity index (χ0v) is 10.4. The topological polar surface area (TPSA) is 81.2 Å². The van der Waals surface area contributed by atoms with E-state index in [2.05, 4.69) is 20.0 Å². The number of hydrogen-bond acceptors (Lipinski definition) is 5. The molecule has 0 aliphatic heterocycles. The van der Waals surface area contributed by atoms with Crippen molar-refractivity contribution in [3.63, 3.8) is 0 Å². The lowest BCUT2D eigenvalue weighted by atomic mass is 10.2. The Labute approximate surface area is 109 Å². The fourth-order valence-electron chi connectivity index (χ4n) is 1.59. The van der Waals surface area contributed by atoms with Crippen molar-refractivity contribution in [2.24, 2.45) is 0 Å². The van der Waals surface area contributed by atoms with Gasteiger partial charge < -0.3 is 10.1 Å². The van der Waals surface area contributed by atoms with Crippen LogP contribution in [-0.2, 0) is 9.53 Å². The highest BCUT2D eigenvalue weighted by Gasteiger charge is 2.08. The van der Waals surface area contributed by atoms with Crippen LogP contribution in [0.1, 0.15) is 16.8 Å². The zero-order chi connectivity index (χ0) is 13.7. The van der Waals surface area contributed by atoms with Crippen LogP contribution in [0.2, 0.25) is 0 Å². The van der Waals surface area contributed by atoms with Crippen molar-refractivity contribution in [2.75, 3.05) is 13.7 Å². The molecule has 6 heteroatoms. The van der Waals surface area contributed by atoms with Crippen LogP contribution < -0.4 is 5.32 Å². The highest BCUT2D eigenvalue weighted by atomic mass is 16.5. The van der Waals surface area contributed by atoms with E-state index in [0.29, 0.717) is 11.1 Å². The number of carbonyl (C=O) groups excluding carboxylic acids is 2. The summed E-state index contributed by atoms with van der Waals surface area (Å²) in [6.07, 6.45) is 3.31. The van der Waals surface area contributed by atoms with Gasteiger partial charge in [-0.25, -0.2) is 0 Å². The number of ether oxygens (including phenoxy) is 1. The van der Waals surface area contributed by atoms with Crippen LogP contribution in [-0.4, -0.2) is 35.5 Å². The first-order valence-electron chi connectivity index (χ1n) is 5.76. The lowest BCUT2D eigenvalue weighted by Gasteiger charge is -2.05. The minimum absolute atomic E-state index is 0.148. The van der Waals surface area contributed by atoms with Crippen molar-refractivity contribution in [3.8, 4) is 0 Å². The molecule has 6 nitrogen and oxygen atoms in total. The minimum atomic E-state index is -0.357. The quantitative estimate of drug-likeness (QED) is 0.826. The Balaban J connectivity index is 2.03. The van der Waals surface area contributed by atoms with Crippen LogP contribution in [0, 0.1) is 0 Å². The van der Waals surface area contributed by atoms with Crippen molar-refractivity contribution in [1.82, 2.24) is 15.3 Å². The second-order valence-corrected chi connectivity index (χ2v) is 3.84. The second-order valence-electron chi connectivity index (χ2n) is 3.84. The van der Waals surface area contributed by atoms with Gasteiger partial charge in [0.25, 0.3) is 5.91 Å². The molecule has 0 atom stereocenters. The minimum Gasteiger partial charge on any atom is -0.469 e. The normalized spacial score (nSPS) is 10.2. The van der Waals surface area contributed by atoms with Crippen molar-refractivity contribution in [3.05, 3.63) is 36.2 Å². The fraction of sp³-hybridized carbons (Fsp3) is 0.231. The van der Waals surface area contributed by atoms with Gasteiger partial charge in [-0.1, -0.05) is 0 Å². The summed E-state index contributed by atoms with van der Waals surface area (Å²) in [7, 11) is 1.31. The number of carbonyl (C=O) groups is 2. The van der Waals surface area contributed by atoms with E-state index >= 15 is 0 Å². The molecule has 0 radical (unpaired) electrons. The van der Waals surface area contributed by atoms with Gasteiger partial charge in [-0.3, -0.25) is 19.6 Å². The number of methoxy groups -OCH3 is 1. The molecule has 0 spiro atoms. The molecule has 0 saturated carbocycles. The van der Waals surface area contributed by atoms with E-state index in [1.54, 1.807) is 30.6 Å². The first kappa shape index (κ1) is 12.9. The summed E-state index contributed by atoms with van der Waals surface area (Å²) < 4.78 is 4.49. The molecule has 0 bridgehead atoms. The summed E-state index contributed by atoms with van der Waals surface area (Å²) in [5, 5.41) is 2.64. The maximum atomic E-state index is 11.8. The molecule has 0 aliphatic rings. The summed E-state index contributed by atoms with van der Waals surface area (Å²) >= 11 is 0. The smallest absolute Gasteiger partial charge is 0.307 e. The fourth-order valence-corrected chi connectivity index (χ4v) is 1.59. The molecular formula is C13H13N3O3. The SMILES string of the molecule is COC(=O)CCNC(=O)c1ccc2nccnc2c1. The molecule has 1 aromatic heterocycles. The van der Waals surface area contributed by atoms with Gasteiger partial charge in [0, 0.05) is 24.5 Å². The molecule has 1 aromatic carbocycles. The molecule has 0 aliphatic carbocycles. The van der Waals surface area contributed by atoms with Gasteiger partial charge in [-0.2, -0.15) is 0 Å². The maximum absolute atomic E-state index is 11.8. The number of rotatable bonds is 4. The second kappa shape index (κ2) is 5.90. The lowest BCUT2D eigenvalue weighted by Crippen LogP contribution is -2.26. The van der Waals surface area contributed by atoms with Crippen molar-refractivity contribution < 1.29 is 14.3 Å². The number of nitrogens with zero attached hydrogens (tertiary/aromatic N) is 2. The lowest BCUT2D eigenvalue weighted by molar-refractivity contribution is -0.140. The van der Waals surface area contributed by atoms with Gasteiger partial charge >= 0.3 is 5.97 Å². The number of amides is 1. The highest BCUT2D eigenvalue weighted by Crippen LogP contribution is 2.10. The Morgan fingerprint density at radius 1 is 1.21 bits per heavy atom. The Morgan fingerprint density at radius 3 is 2.68 bits per heavy atom. The Bertz CT molecular complexity index is 613. The van der Waals surface area contributed by atoms with E-state index in [4.69, 9.17) is 0 Å². The van der Waals surface area contributed by atoms with E-state index < -0.39 is 0 Å². The predicted molar refractivity (Wildman–Crippen MR) is 68.5 cm³/mol. The molecule has 2 rings (SSSR count). The van der Waals surface area contributed by atoms with E-state index in [0.717, 1.165) is 5.52 Å². The van der Waals surface area contributed by atoms with Gasteiger partial charge in [0.05, 0.1) is 24.6 Å². The first-order valence-corrected chi connectivity index (χ1v) is 5.76. The van der Waals surface area contributed by atoms with E-state index in [1.165, 1.54) is 7.11 Å². The molecule has 0 fully saturated rings. The van der Waals surface area contributed by atoms with E-state index in [1.807, 2.05) is 0 Å². The van der Waals surface area contributed by atoms with E-state index in [9.17, 15) is 9.59 Å². The monoisotopic (exact) mass is 259 g/mol. The average Bonchev–Trinajstić information content (AvgIpc) is 2.46. The summed E-state index contributed by atoms with van der Waals surface area (Å²) in [5.74, 6) is -0.610. The highest BCUT2D eigenvalue weighted by molar-refractivity contribution is 5.97. The molecule has 19 heavy (non-hydrogen) atoms. The number of hydrogen-bond donors (Lipinski definition) is 1. The van der Waals surface area contributed by atoms with Crippen LogP contribution in [0.5, 0.6) is 0 Å². The third-order valence-corrected chi connectivity index (χ3v) is 2.57. The molecule has 2 aromatic rings. The van der Waals surface area contributed by atoms with Gasteiger partial charge in [-0.15, -0.1) is 0 Å². The van der Waals surface area contributed by atoms with Crippen LogP contribution >= 0.6 is 0 Å². The van der Waals surface area contributed by atoms with Gasteiger partial charge in [0.15, 0.2) is 0 Å². The summed E-state index contributed by atoms with van der Waals surface area (Å²) in [5.41, 5.74) is 1.87. The molecule has 0 saturated heterocycles. The summed E-state index contributed by atoms with van der Waals surface area (Å²) in [6, 6.07) is 5.07. The third-order valence-electron chi connectivity index (χ3n) is 2.57. The van der Waals surface area contributed by atoms with Crippen molar-refractivity contribution in [2.45, 2.75) is 6.42 Å². The van der Waals surface area contributed by atoms with Crippen LogP contribution in [0.4, 0.5) is 0 Å². The van der Waals surface area contributed by atoms with Crippen LogP contribution in [0.15, 0.2) is 30.6 Å². The molecule has 0 unspecified atom stereocenters. The molecule has 1 N–H and O–H groups in total. The number of benzene rings is 1. The third kappa shape index (κ3) is 3.25. The molecule has 98 valence electrons. The average molecular weight is 259 g/mol. The summed E-state index contributed by atoms with van der Waals surface area (Å²) in [6.45, 7) is 0.240. The van der Waals surface area contributed by atoms with Gasteiger partial charge in [0.1, 0.15) is 0 Å². The first-order chi connectivity index (χ1) is 9.20. The van der Waals surface area contributed by atoms with E-state index in [-0.39, 0.29) is 24.8 Å². The number of fused-ring (bicyclic) bond motifs is 1. The standard InChI is InChI=1S/C13H13N3O3/c1-19-12(17)4-5-16-13(18)9-2-3-10-11(8-9)15-7-6-14-10/h2-3,6-8H,4-5H2,1H3,(H,16,18). The Hall–Kier alpha value is -2.50. The number of esters is 1. The Morgan fingerprint density at radius 2 is 1.95 bits per heavy atom. The van der Waals surface area contributed by atoms with Gasteiger partial charge in [-0.05, 0) is 18.2 Å². The van der Waals surface area contributed by atoms with Crippen molar-refractivity contribution >= 4 is 22.9 Å². The largest absolute Gasteiger partial charge is 0.469 e. The van der Waals surface area contributed by atoms with Crippen LogP contribution in [0.3, 0.4) is 0 Å². The Kier molecular flexibility index (Phi) is 4.02. The summed E-state index contributed by atoms with van der Waals surface area (Å²) in [4.78, 5) is 31.0.